The predicted octanol–water partition coefficient (Wildman–Crippen LogP) is 3.99. The fraction of sp³-hybridized carbons (Fsp3) is 0.647. The first kappa shape index (κ1) is 13.6. The minimum Gasteiger partial charge on any atom is -0.314 e. The summed E-state index contributed by atoms with van der Waals surface area (Å²) in [7, 11) is 0. The molecular weight excluding hydrogens is 218 g/mol. The molecule has 0 aromatic heterocycles. The summed E-state index contributed by atoms with van der Waals surface area (Å²) in [6, 6.07) is 3.18. The molecule has 1 fully saturated rings. The van der Waals surface area contributed by atoms with Crippen LogP contribution in [-0.2, 0) is 6.42 Å². The van der Waals surface area contributed by atoms with Crippen LogP contribution < -0.4 is 5.32 Å². The zero-order chi connectivity index (χ0) is 13.1. The van der Waals surface area contributed by atoms with Crippen LogP contribution in [-0.4, -0.2) is 12.6 Å². The van der Waals surface area contributed by atoms with E-state index in [9.17, 15) is 0 Å². The van der Waals surface area contributed by atoms with Gasteiger partial charge in [-0.2, -0.15) is 0 Å². The number of benzene rings is 1. The molecular formula is C17H27N. The number of hydrogen-bond donors (Lipinski definition) is 1. The van der Waals surface area contributed by atoms with E-state index < -0.39 is 0 Å². The Morgan fingerprint density at radius 3 is 2.17 bits per heavy atom. The lowest BCUT2D eigenvalue weighted by Gasteiger charge is -2.15. The van der Waals surface area contributed by atoms with Crippen LogP contribution in [0.3, 0.4) is 0 Å². The maximum atomic E-state index is 3.59. The average molecular weight is 245 g/mol. The summed E-state index contributed by atoms with van der Waals surface area (Å²) in [6.07, 6.45) is 6.66. The van der Waals surface area contributed by atoms with Gasteiger partial charge in [0.1, 0.15) is 0 Å². The average Bonchev–Trinajstić information content (AvgIpc) is 3.14. The van der Waals surface area contributed by atoms with Crippen LogP contribution in [0.1, 0.15) is 53.5 Å². The smallest absolute Gasteiger partial charge is 0.00682 e. The summed E-state index contributed by atoms with van der Waals surface area (Å²) >= 11 is 0. The van der Waals surface area contributed by atoms with E-state index in [4.69, 9.17) is 0 Å². The van der Waals surface area contributed by atoms with E-state index in [1.807, 2.05) is 0 Å². The fourth-order valence-electron chi connectivity index (χ4n) is 2.69. The van der Waals surface area contributed by atoms with Crippen molar-refractivity contribution >= 4 is 0 Å². The van der Waals surface area contributed by atoms with Gasteiger partial charge in [-0.25, -0.2) is 0 Å². The van der Waals surface area contributed by atoms with Crippen molar-refractivity contribution in [2.75, 3.05) is 6.54 Å². The van der Waals surface area contributed by atoms with Crippen molar-refractivity contribution in [3.63, 3.8) is 0 Å². The zero-order valence-corrected chi connectivity index (χ0v) is 12.4. The molecule has 100 valence electrons. The normalized spacial score (nSPS) is 15.1. The summed E-state index contributed by atoms with van der Waals surface area (Å²) in [5.41, 5.74) is 7.51. The Labute approximate surface area is 112 Å². The van der Waals surface area contributed by atoms with Crippen molar-refractivity contribution in [2.24, 2.45) is 0 Å². The van der Waals surface area contributed by atoms with E-state index in [1.165, 1.54) is 60.9 Å². The summed E-state index contributed by atoms with van der Waals surface area (Å²) < 4.78 is 0. The van der Waals surface area contributed by atoms with Gasteiger partial charge in [-0.15, -0.1) is 0 Å². The van der Waals surface area contributed by atoms with Crippen molar-refractivity contribution in [2.45, 2.75) is 65.8 Å². The molecule has 0 radical (unpaired) electrons. The number of unbranched alkanes of at least 4 members (excludes halogenated alkanes) is 1. The molecule has 0 atom stereocenters. The topological polar surface area (TPSA) is 12.0 Å². The molecule has 0 aliphatic heterocycles. The van der Waals surface area contributed by atoms with E-state index in [1.54, 1.807) is 5.56 Å². The van der Waals surface area contributed by atoms with E-state index in [0.29, 0.717) is 0 Å². The minimum atomic E-state index is 0.856. The van der Waals surface area contributed by atoms with Crippen molar-refractivity contribution < 1.29 is 0 Å². The Bertz CT molecular complexity index is 390. The first-order valence-electron chi connectivity index (χ1n) is 7.39. The second kappa shape index (κ2) is 5.88. The predicted molar refractivity (Wildman–Crippen MR) is 79.4 cm³/mol. The molecule has 1 aliphatic rings. The largest absolute Gasteiger partial charge is 0.314 e. The van der Waals surface area contributed by atoms with Gasteiger partial charge in [0.05, 0.1) is 0 Å². The highest BCUT2D eigenvalue weighted by Crippen LogP contribution is 2.23. The molecule has 0 spiro atoms. The third kappa shape index (κ3) is 3.35. The summed E-state index contributed by atoms with van der Waals surface area (Å²) in [6.45, 7) is 10.2. The molecule has 18 heavy (non-hydrogen) atoms. The highest BCUT2D eigenvalue weighted by atomic mass is 14.9. The van der Waals surface area contributed by atoms with Crippen molar-refractivity contribution in [3.05, 3.63) is 33.9 Å². The molecule has 0 saturated heterocycles. The van der Waals surface area contributed by atoms with Crippen LogP contribution in [0, 0.1) is 27.7 Å². The van der Waals surface area contributed by atoms with Gasteiger partial charge >= 0.3 is 0 Å². The third-order valence-corrected chi connectivity index (χ3v) is 4.39. The van der Waals surface area contributed by atoms with E-state index in [-0.39, 0.29) is 0 Å². The van der Waals surface area contributed by atoms with Gasteiger partial charge < -0.3 is 5.32 Å². The Balaban J connectivity index is 1.87. The molecule has 0 unspecified atom stereocenters. The molecule has 1 N–H and O–H groups in total. The minimum absolute atomic E-state index is 0.856. The van der Waals surface area contributed by atoms with Crippen LogP contribution in [0.15, 0.2) is 6.07 Å². The number of nitrogens with one attached hydrogen (secondary N) is 1. The Kier molecular flexibility index (Phi) is 4.45. The van der Waals surface area contributed by atoms with Gasteiger partial charge in [-0.1, -0.05) is 6.07 Å². The highest BCUT2D eigenvalue weighted by molar-refractivity contribution is 5.43. The van der Waals surface area contributed by atoms with E-state index in [0.717, 1.165) is 6.04 Å². The van der Waals surface area contributed by atoms with Crippen LogP contribution in [0.5, 0.6) is 0 Å². The maximum Gasteiger partial charge on any atom is 0.00682 e. The number of aryl methyl sites for hydroxylation is 2. The molecule has 1 heteroatoms. The number of hydrogen-bond acceptors (Lipinski definition) is 1. The van der Waals surface area contributed by atoms with Gasteiger partial charge in [0.25, 0.3) is 0 Å². The van der Waals surface area contributed by atoms with Gasteiger partial charge in [0, 0.05) is 6.04 Å². The molecule has 1 aliphatic carbocycles. The second-order valence-electron chi connectivity index (χ2n) is 5.92. The first-order valence-corrected chi connectivity index (χ1v) is 7.39. The fourth-order valence-corrected chi connectivity index (χ4v) is 2.69. The van der Waals surface area contributed by atoms with Crippen LogP contribution in [0.4, 0.5) is 0 Å². The lowest BCUT2D eigenvalue weighted by molar-refractivity contribution is 0.618. The highest BCUT2D eigenvalue weighted by Gasteiger charge is 2.19. The van der Waals surface area contributed by atoms with Gasteiger partial charge in [-0.05, 0) is 94.2 Å². The van der Waals surface area contributed by atoms with E-state index >= 15 is 0 Å². The lowest BCUT2D eigenvalue weighted by Crippen LogP contribution is -2.17. The van der Waals surface area contributed by atoms with E-state index in [2.05, 4.69) is 39.1 Å². The summed E-state index contributed by atoms with van der Waals surface area (Å²) in [5, 5.41) is 3.59. The monoisotopic (exact) mass is 245 g/mol. The van der Waals surface area contributed by atoms with Crippen molar-refractivity contribution in [1.29, 1.82) is 0 Å². The molecule has 1 nitrogen and oxygen atoms in total. The van der Waals surface area contributed by atoms with Crippen LogP contribution in [0.25, 0.3) is 0 Å². The Hall–Kier alpha value is -0.820. The maximum absolute atomic E-state index is 3.59. The third-order valence-electron chi connectivity index (χ3n) is 4.39. The van der Waals surface area contributed by atoms with Crippen LogP contribution in [0.2, 0.25) is 0 Å². The molecule has 2 rings (SSSR count). The van der Waals surface area contributed by atoms with Gasteiger partial charge in [0.2, 0.25) is 0 Å². The quantitative estimate of drug-likeness (QED) is 0.747. The van der Waals surface area contributed by atoms with Gasteiger partial charge in [-0.3, -0.25) is 0 Å². The molecule has 0 bridgehead atoms. The second-order valence-corrected chi connectivity index (χ2v) is 5.92. The SMILES string of the molecule is Cc1cc(C)c(C)c(CCCCNC2CC2)c1C. The molecule has 1 saturated carbocycles. The standard InChI is InChI=1S/C17H27N/c1-12-11-13(2)15(4)17(14(12)3)7-5-6-10-18-16-8-9-16/h11,16,18H,5-10H2,1-4H3. The summed E-state index contributed by atoms with van der Waals surface area (Å²) in [4.78, 5) is 0. The molecule has 1 aromatic rings. The molecule has 0 amide bonds. The van der Waals surface area contributed by atoms with Crippen molar-refractivity contribution in [1.82, 2.24) is 5.32 Å². The summed E-state index contributed by atoms with van der Waals surface area (Å²) in [5.74, 6) is 0. The Morgan fingerprint density at radius 1 is 1.00 bits per heavy atom. The molecule has 1 aromatic carbocycles. The lowest BCUT2D eigenvalue weighted by atomic mass is 9.91. The first-order chi connectivity index (χ1) is 8.59. The molecule has 0 heterocycles. The zero-order valence-electron chi connectivity index (χ0n) is 12.4. The van der Waals surface area contributed by atoms with Crippen molar-refractivity contribution in [3.8, 4) is 0 Å². The Morgan fingerprint density at radius 2 is 1.61 bits per heavy atom. The van der Waals surface area contributed by atoms with Gasteiger partial charge in [0.15, 0.2) is 0 Å². The van der Waals surface area contributed by atoms with Crippen LogP contribution >= 0.6 is 0 Å². The number of rotatable bonds is 6.